The molecule has 76 valence electrons. The van der Waals surface area contributed by atoms with Crippen LogP contribution in [0.1, 0.15) is 25.3 Å². The normalized spacial score (nSPS) is 20.1. The van der Waals surface area contributed by atoms with Gasteiger partial charge in [0.05, 0.1) is 0 Å². The van der Waals surface area contributed by atoms with E-state index >= 15 is 0 Å². The highest BCUT2D eigenvalue weighted by atomic mass is 32.2. The Morgan fingerprint density at radius 2 is 2.21 bits per heavy atom. The second-order valence-corrected chi connectivity index (χ2v) is 6.60. The van der Waals surface area contributed by atoms with E-state index in [1.54, 1.807) is 5.56 Å². The molecule has 1 unspecified atom stereocenters. The van der Waals surface area contributed by atoms with Gasteiger partial charge >= 0.3 is 0 Å². The monoisotopic (exact) mass is 224 g/mol. The maximum Gasteiger partial charge on any atom is 0.0108 e. The smallest absolute Gasteiger partial charge is 0.0108 e. The number of rotatable bonds is 3. The zero-order chi connectivity index (χ0) is 9.97. The first-order valence-electron chi connectivity index (χ1n) is 5.10. The molecule has 0 nitrogen and oxygen atoms in total. The van der Waals surface area contributed by atoms with Crippen molar-refractivity contribution in [3.8, 4) is 0 Å². The molecular weight excluding hydrogens is 208 g/mol. The lowest BCUT2D eigenvalue weighted by Gasteiger charge is -2.11. The summed E-state index contributed by atoms with van der Waals surface area (Å²) in [7, 11) is 0. The topological polar surface area (TPSA) is 0 Å². The Labute approximate surface area is 94.9 Å². The van der Waals surface area contributed by atoms with Gasteiger partial charge in [0.1, 0.15) is 0 Å². The molecule has 0 aliphatic carbocycles. The van der Waals surface area contributed by atoms with E-state index in [1.165, 1.54) is 16.4 Å². The largest absolute Gasteiger partial charge is 0.158 e. The minimum absolute atomic E-state index is 0.757. The molecule has 0 saturated carbocycles. The van der Waals surface area contributed by atoms with Crippen molar-refractivity contribution < 1.29 is 0 Å². The zero-order valence-corrected chi connectivity index (χ0v) is 10.3. The van der Waals surface area contributed by atoms with E-state index in [0.29, 0.717) is 0 Å². The lowest BCUT2D eigenvalue weighted by Crippen LogP contribution is -2.02. The number of thioether (sulfide) groups is 2. The van der Waals surface area contributed by atoms with Gasteiger partial charge in [-0.2, -0.15) is 11.8 Å². The van der Waals surface area contributed by atoms with Crippen LogP contribution in [0, 0.1) is 0 Å². The summed E-state index contributed by atoms with van der Waals surface area (Å²) >= 11 is 4.09. The van der Waals surface area contributed by atoms with Crippen molar-refractivity contribution in [2.45, 2.75) is 29.9 Å². The van der Waals surface area contributed by atoms with Gasteiger partial charge in [0.15, 0.2) is 0 Å². The maximum absolute atomic E-state index is 2.29. The van der Waals surface area contributed by atoms with Crippen LogP contribution >= 0.6 is 23.5 Å². The van der Waals surface area contributed by atoms with Crippen molar-refractivity contribution in [3.05, 3.63) is 29.8 Å². The van der Waals surface area contributed by atoms with Crippen LogP contribution in [0.15, 0.2) is 29.2 Å². The van der Waals surface area contributed by atoms with Gasteiger partial charge < -0.3 is 0 Å². The summed E-state index contributed by atoms with van der Waals surface area (Å²) in [5, 5.41) is 0.757. The average molecular weight is 224 g/mol. The summed E-state index contributed by atoms with van der Waals surface area (Å²) < 4.78 is 0. The molecule has 0 bridgehead atoms. The number of fused-ring (bicyclic) bond motifs is 1. The molecule has 1 aromatic carbocycles. The first kappa shape index (κ1) is 10.4. The molecule has 0 radical (unpaired) electrons. The molecule has 0 aromatic heterocycles. The van der Waals surface area contributed by atoms with Crippen molar-refractivity contribution in [2.24, 2.45) is 0 Å². The summed E-state index contributed by atoms with van der Waals surface area (Å²) in [5.41, 5.74) is 1.57. The third-order valence-electron chi connectivity index (χ3n) is 2.43. The third-order valence-corrected chi connectivity index (χ3v) is 4.94. The maximum atomic E-state index is 2.29. The fourth-order valence-electron chi connectivity index (χ4n) is 1.68. The molecule has 14 heavy (non-hydrogen) atoms. The van der Waals surface area contributed by atoms with Gasteiger partial charge in [-0.25, -0.2) is 0 Å². The van der Waals surface area contributed by atoms with Crippen LogP contribution in [-0.2, 0) is 0 Å². The van der Waals surface area contributed by atoms with Crippen LogP contribution in [0.3, 0.4) is 0 Å². The van der Waals surface area contributed by atoms with Crippen LogP contribution in [0.25, 0.3) is 0 Å². The lowest BCUT2D eigenvalue weighted by molar-refractivity contribution is 0.891. The molecule has 1 aromatic rings. The highest BCUT2D eigenvalue weighted by Gasteiger charge is 2.22. The van der Waals surface area contributed by atoms with Crippen molar-refractivity contribution in [2.75, 3.05) is 11.5 Å². The molecule has 1 atom stereocenters. The van der Waals surface area contributed by atoms with Crippen molar-refractivity contribution in [1.29, 1.82) is 0 Å². The predicted molar refractivity (Wildman–Crippen MR) is 67.5 cm³/mol. The SMILES string of the molecule is CC(C)SCC1CSc2ccccc21. The molecule has 0 spiro atoms. The van der Waals surface area contributed by atoms with Gasteiger partial charge in [-0.1, -0.05) is 32.0 Å². The second kappa shape index (κ2) is 4.63. The molecule has 0 N–H and O–H groups in total. The van der Waals surface area contributed by atoms with Crippen molar-refractivity contribution in [3.63, 3.8) is 0 Å². The lowest BCUT2D eigenvalue weighted by atomic mass is 10.0. The minimum atomic E-state index is 0.757. The average Bonchev–Trinajstić information content (AvgIpc) is 2.58. The Kier molecular flexibility index (Phi) is 3.45. The van der Waals surface area contributed by atoms with Crippen LogP contribution in [0.4, 0.5) is 0 Å². The van der Waals surface area contributed by atoms with Gasteiger partial charge in [0.2, 0.25) is 0 Å². The van der Waals surface area contributed by atoms with Gasteiger partial charge in [0, 0.05) is 22.3 Å². The summed E-state index contributed by atoms with van der Waals surface area (Å²) in [5.74, 6) is 3.34. The van der Waals surface area contributed by atoms with Crippen molar-refractivity contribution >= 4 is 23.5 Å². The zero-order valence-electron chi connectivity index (χ0n) is 8.69. The van der Waals surface area contributed by atoms with E-state index in [1.807, 2.05) is 11.8 Å². The number of hydrogen-bond donors (Lipinski definition) is 0. The van der Waals surface area contributed by atoms with E-state index in [0.717, 1.165) is 11.2 Å². The summed E-state index contributed by atoms with van der Waals surface area (Å²) in [4.78, 5) is 1.50. The summed E-state index contributed by atoms with van der Waals surface area (Å²) in [6.07, 6.45) is 0. The standard InChI is InChI=1S/C12H16S2/c1-9(2)13-7-10-8-14-12-6-4-3-5-11(10)12/h3-6,9-10H,7-8H2,1-2H3. The van der Waals surface area contributed by atoms with E-state index < -0.39 is 0 Å². The van der Waals surface area contributed by atoms with Gasteiger partial charge in [0.25, 0.3) is 0 Å². The number of hydrogen-bond acceptors (Lipinski definition) is 2. The van der Waals surface area contributed by atoms with Crippen molar-refractivity contribution in [1.82, 2.24) is 0 Å². The molecule has 2 heteroatoms. The fourth-order valence-corrected chi connectivity index (χ4v) is 3.99. The summed E-state index contributed by atoms with van der Waals surface area (Å²) in [6.45, 7) is 4.55. The van der Waals surface area contributed by atoms with Crippen LogP contribution in [0.2, 0.25) is 0 Å². The van der Waals surface area contributed by atoms with E-state index in [4.69, 9.17) is 0 Å². The second-order valence-electron chi connectivity index (χ2n) is 3.93. The Morgan fingerprint density at radius 3 is 3.00 bits per heavy atom. The quantitative estimate of drug-likeness (QED) is 0.760. The highest BCUT2D eigenvalue weighted by Crippen LogP contribution is 2.41. The Morgan fingerprint density at radius 1 is 1.43 bits per heavy atom. The number of benzene rings is 1. The minimum Gasteiger partial charge on any atom is -0.158 e. The molecule has 0 saturated heterocycles. The molecular formula is C12H16S2. The first-order valence-corrected chi connectivity index (χ1v) is 7.14. The molecule has 0 amide bonds. The molecule has 1 aliphatic heterocycles. The van der Waals surface area contributed by atoms with E-state index in [-0.39, 0.29) is 0 Å². The van der Waals surface area contributed by atoms with Crippen LogP contribution in [-0.4, -0.2) is 16.8 Å². The van der Waals surface area contributed by atoms with Crippen LogP contribution in [0.5, 0.6) is 0 Å². The Balaban J connectivity index is 2.03. The summed E-state index contributed by atoms with van der Waals surface area (Å²) in [6, 6.07) is 8.85. The van der Waals surface area contributed by atoms with Gasteiger partial charge in [-0.05, 0) is 16.9 Å². The van der Waals surface area contributed by atoms with Crippen LogP contribution < -0.4 is 0 Å². The molecule has 0 fully saturated rings. The Hall–Kier alpha value is -0.0800. The third kappa shape index (κ3) is 2.29. The molecule has 1 heterocycles. The highest BCUT2D eigenvalue weighted by molar-refractivity contribution is 8.00. The predicted octanol–water partition coefficient (Wildman–Crippen LogP) is 4.02. The van der Waals surface area contributed by atoms with Gasteiger partial charge in [-0.3, -0.25) is 0 Å². The Bertz CT molecular complexity index is 307. The van der Waals surface area contributed by atoms with E-state index in [2.05, 4.69) is 49.9 Å². The first-order chi connectivity index (χ1) is 6.77. The fraction of sp³-hybridized carbons (Fsp3) is 0.500. The molecule has 1 aliphatic rings. The molecule has 2 rings (SSSR count). The van der Waals surface area contributed by atoms with Gasteiger partial charge in [-0.15, -0.1) is 11.8 Å². The van der Waals surface area contributed by atoms with E-state index in [9.17, 15) is 0 Å².